The van der Waals surface area contributed by atoms with Crippen molar-refractivity contribution in [3.8, 4) is 5.75 Å². The van der Waals surface area contributed by atoms with E-state index in [1.54, 1.807) is 0 Å². The molecule has 0 aromatic heterocycles. The van der Waals surface area contributed by atoms with Gasteiger partial charge in [-0.25, -0.2) is 9.69 Å². The molecular formula is C24H29NO5. The van der Waals surface area contributed by atoms with Gasteiger partial charge in [0.05, 0.1) is 12.6 Å². The number of ether oxygens (including phenoxy) is 3. The number of carbonyl (C=O) groups excluding carboxylic acids is 2. The van der Waals surface area contributed by atoms with Gasteiger partial charge in [0.2, 0.25) is 0 Å². The number of rotatable bonds is 10. The van der Waals surface area contributed by atoms with E-state index >= 15 is 0 Å². The molecule has 2 atom stereocenters. The normalized spacial score (nSPS) is 16.9. The molecule has 1 aliphatic rings. The van der Waals surface area contributed by atoms with Crippen molar-refractivity contribution >= 4 is 12.0 Å². The highest BCUT2D eigenvalue weighted by Gasteiger charge is 2.41. The molecule has 2 amide bonds. The van der Waals surface area contributed by atoms with E-state index in [1.165, 1.54) is 4.90 Å². The number of imide groups is 1. The largest absolute Gasteiger partial charge is 0.494 e. The van der Waals surface area contributed by atoms with Crippen molar-refractivity contribution in [2.45, 2.75) is 45.3 Å². The van der Waals surface area contributed by atoms with E-state index in [2.05, 4.69) is 0 Å². The van der Waals surface area contributed by atoms with E-state index in [4.69, 9.17) is 14.2 Å². The summed E-state index contributed by atoms with van der Waals surface area (Å²) in [6, 6.07) is 17.1. The van der Waals surface area contributed by atoms with Gasteiger partial charge in [0.15, 0.2) is 0 Å². The lowest BCUT2D eigenvalue weighted by Gasteiger charge is -2.25. The second kappa shape index (κ2) is 10.8. The van der Waals surface area contributed by atoms with Crippen LogP contribution >= 0.6 is 0 Å². The summed E-state index contributed by atoms with van der Waals surface area (Å²) < 4.78 is 16.6. The lowest BCUT2D eigenvalue weighted by molar-refractivity contribution is -0.141. The van der Waals surface area contributed by atoms with Gasteiger partial charge in [-0.15, -0.1) is 0 Å². The van der Waals surface area contributed by atoms with Crippen LogP contribution in [0.25, 0.3) is 0 Å². The molecule has 2 aromatic rings. The van der Waals surface area contributed by atoms with Crippen molar-refractivity contribution in [2.24, 2.45) is 0 Å². The third-order valence-electron chi connectivity index (χ3n) is 4.97. The molecule has 1 aliphatic heterocycles. The van der Waals surface area contributed by atoms with Crippen LogP contribution in [-0.2, 0) is 27.1 Å². The molecule has 2 aromatic carbocycles. The fraction of sp³-hybridized carbons (Fsp3) is 0.417. The first-order valence-corrected chi connectivity index (χ1v) is 10.5. The molecule has 6 nitrogen and oxygen atoms in total. The summed E-state index contributed by atoms with van der Waals surface area (Å²) in [5, 5.41) is 0. The van der Waals surface area contributed by atoms with Crippen LogP contribution in [0.15, 0.2) is 54.6 Å². The molecule has 30 heavy (non-hydrogen) atoms. The van der Waals surface area contributed by atoms with Crippen molar-refractivity contribution < 1.29 is 23.8 Å². The fourth-order valence-corrected chi connectivity index (χ4v) is 3.50. The minimum Gasteiger partial charge on any atom is -0.494 e. The third kappa shape index (κ3) is 5.60. The maximum Gasteiger partial charge on any atom is 0.417 e. The summed E-state index contributed by atoms with van der Waals surface area (Å²) in [6.45, 7) is 5.16. The van der Waals surface area contributed by atoms with Crippen molar-refractivity contribution in [1.82, 2.24) is 4.90 Å². The Kier molecular flexibility index (Phi) is 7.85. The average Bonchev–Trinajstić information content (AvgIpc) is 3.12. The predicted octanol–water partition coefficient (Wildman–Crippen LogP) is 4.01. The smallest absolute Gasteiger partial charge is 0.417 e. The average molecular weight is 411 g/mol. The molecule has 0 spiro atoms. The van der Waals surface area contributed by atoms with Gasteiger partial charge in [-0.2, -0.15) is 0 Å². The van der Waals surface area contributed by atoms with Gasteiger partial charge < -0.3 is 14.2 Å². The van der Waals surface area contributed by atoms with Gasteiger partial charge in [-0.05, 0) is 43.0 Å². The summed E-state index contributed by atoms with van der Waals surface area (Å²) in [6.07, 6.45) is 0.379. The van der Waals surface area contributed by atoms with E-state index in [0.717, 1.165) is 23.3 Å². The number of nitrogens with zero attached hydrogens (tertiary/aromatic N) is 1. The molecule has 0 saturated carbocycles. The maximum absolute atomic E-state index is 13.3. The Labute approximate surface area is 177 Å². The van der Waals surface area contributed by atoms with Gasteiger partial charge in [0, 0.05) is 13.0 Å². The molecule has 0 radical (unpaired) electrons. The van der Waals surface area contributed by atoms with E-state index in [0.29, 0.717) is 26.1 Å². The van der Waals surface area contributed by atoms with E-state index in [1.807, 2.05) is 68.4 Å². The standard InChI is InChI=1S/C24H29NO5/c1-3-14-29-22(16-19-10-12-21(13-11-19)28-4-2)23(26)25-20(17-30-24(25)27)15-18-8-6-5-7-9-18/h5-13,20,22H,3-4,14-17H2,1-2H3/t20-,22-/m0/s1. The summed E-state index contributed by atoms with van der Waals surface area (Å²) in [5.41, 5.74) is 2.00. The van der Waals surface area contributed by atoms with Gasteiger partial charge in [-0.1, -0.05) is 49.4 Å². The molecule has 0 N–H and O–H groups in total. The summed E-state index contributed by atoms with van der Waals surface area (Å²) in [4.78, 5) is 26.9. The van der Waals surface area contributed by atoms with E-state index < -0.39 is 12.2 Å². The zero-order valence-electron chi connectivity index (χ0n) is 17.6. The molecule has 160 valence electrons. The predicted molar refractivity (Wildman–Crippen MR) is 113 cm³/mol. The first kappa shape index (κ1) is 21.8. The highest BCUT2D eigenvalue weighted by atomic mass is 16.6. The van der Waals surface area contributed by atoms with Crippen LogP contribution in [0.5, 0.6) is 5.75 Å². The topological polar surface area (TPSA) is 65.1 Å². The van der Waals surface area contributed by atoms with Crippen LogP contribution in [0.4, 0.5) is 4.79 Å². The highest BCUT2D eigenvalue weighted by molar-refractivity contribution is 5.96. The quantitative estimate of drug-likeness (QED) is 0.591. The van der Waals surface area contributed by atoms with E-state index in [9.17, 15) is 9.59 Å². The lowest BCUT2D eigenvalue weighted by atomic mass is 10.0. The third-order valence-corrected chi connectivity index (χ3v) is 4.97. The second-order valence-corrected chi connectivity index (χ2v) is 7.27. The zero-order chi connectivity index (χ0) is 21.3. The first-order chi connectivity index (χ1) is 14.6. The molecule has 0 unspecified atom stereocenters. The molecule has 6 heteroatoms. The SMILES string of the molecule is CCCO[C@@H](Cc1ccc(OCC)cc1)C(=O)N1C(=O)OC[C@@H]1Cc1ccccc1. The number of hydrogen-bond acceptors (Lipinski definition) is 5. The Hall–Kier alpha value is -2.86. The first-order valence-electron chi connectivity index (χ1n) is 10.5. The van der Waals surface area contributed by atoms with Crippen LogP contribution in [0.2, 0.25) is 0 Å². The van der Waals surface area contributed by atoms with Crippen LogP contribution in [0.1, 0.15) is 31.4 Å². The molecule has 3 rings (SSSR count). The fourth-order valence-electron chi connectivity index (χ4n) is 3.50. The van der Waals surface area contributed by atoms with Gasteiger partial charge in [-0.3, -0.25) is 4.79 Å². The summed E-state index contributed by atoms with van der Waals surface area (Å²) >= 11 is 0. The van der Waals surface area contributed by atoms with Crippen LogP contribution in [0, 0.1) is 0 Å². The van der Waals surface area contributed by atoms with Crippen molar-refractivity contribution in [3.63, 3.8) is 0 Å². The van der Waals surface area contributed by atoms with Gasteiger partial charge in [0.25, 0.3) is 5.91 Å². The molecular weight excluding hydrogens is 382 g/mol. The Balaban J connectivity index is 1.74. The van der Waals surface area contributed by atoms with Gasteiger partial charge in [0.1, 0.15) is 18.5 Å². The number of cyclic esters (lactones) is 1. The Morgan fingerprint density at radius 1 is 1.10 bits per heavy atom. The Morgan fingerprint density at radius 2 is 1.83 bits per heavy atom. The summed E-state index contributed by atoms with van der Waals surface area (Å²) in [5.74, 6) is 0.436. The minimum atomic E-state index is -0.744. The van der Waals surface area contributed by atoms with Crippen LogP contribution < -0.4 is 4.74 Å². The van der Waals surface area contributed by atoms with Crippen molar-refractivity contribution in [1.29, 1.82) is 0 Å². The molecule has 1 saturated heterocycles. The Morgan fingerprint density at radius 3 is 2.50 bits per heavy atom. The van der Waals surface area contributed by atoms with Crippen LogP contribution in [0.3, 0.4) is 0 Å². The minimum absolute atomic E-state index is 0.197. The molecule has 1 heterocycles. The number of carbonyl (C=O) groups is 2. The molecule has 0 bridgehead atoms. The van der Waals surface area contributed by atoms with Crippen molar-refractivity contribution in [3.05, 3.63) is 65.7 Å². The molecule has 1 fully saturated rings. The number of hydrogen-bond donors (Lipinski definition) is 0. The second-order valence-electron chi connectivity index (χ2n) is 7.27. The highest BCUT2D eigenvalue weighted by Crippen LogP contribution is 2.21. The zero-order valence-corrected chi connectivity index (χ0v) is 17.6. The van der Waals surface area contributed by atoms with Crippen molar-refractivity contribution in [2.75, 3.05) is 19.8 Å². The Bertz CT molecular complexity index is 821. The molecule has 0 aliphatic carbocycles. The van der Waals surface area contributed by atoms with E-state index in [-0.39, 0.29) is 18.6 Å². The van der Waals surface area contributed by atoms with Crippen LogP contribution in [-0.4, -0.2) is 48.9 Å². The van der Waals surface area contributed by atoms with Gasteiger partial charge >= 0.3 is 6.09 Å². The lowest BCUT2D eigenvalue weighted by Crippen LogP contribution is -2.47. The number of amides is 2. The monoisotopic (exact) mass is 411 g/mol. The summed E-state index contributed by atoms with van der Waals surface area (Å²) in [7, 11) is 0. The number of benzene rings is 2. The maximum atomic E-state index is 13.3.